The first-order chi connectivity index (χ1) is 6.74. The Morgan fingerprint density at radius 2 is 2.57 bits per heavy atom. The lowest BCUT2D eigenvalue weighted by Crippen LogP contribution is -2.49. The molecule has 0 amide bonds. The van der Waals surface area contributed by atoms with Crippen molar-refractivity contribution in [3.63, 3.8) is 0 Å². The molecule has 1 aromatic rings. The van der Waals surface area contributed by atoms with Gasteiger partial charge in [0.15, 0.2) is 5.78 Å². The van der Waals surface area contributed by atoms with Crippen LogP contribution in [0.4, 0.5) is 0 Å². The van der Waals surface area contributed by atoms with E-state index in [0.29, 0.717) is 11.8 Å². The van der Waals surface area contributed by atoms with Crippen molar-refractivity contribution in [3.05, 3.63) is 18.5 Å². The van der Waals surface area contributed by atoms with Crippen LogP contribution in [0.1, 0.15) is 13.3 Å². The summed E-state index contributed by atoms with van der Waals surface area (Å²) in [7, 11) is 0. The molecule has 4 nitrogen and oxygen atoms in total. The molecule has 0 radical (unpaired) electrons. The van der Waals surface area contributed by atoms with Crippen molar-refractivity contribution < 1.29 is 4.79 Å². The molecule has 1 saturated heterocycles. The molecule has 1 saturated carbocycles. The van der Waals surface area contributed by atoms with Crippen LogP contribution in [0.5, 0.6) is 0 Å². The standard InChI is InChI=1S/C10H13N3O/c1-7-8-5-10(6-11-8,9(7)14)13-4-2-3-12-13/h2-4,7-8,11H,5-6H2,1H3. The number of fused-ring (bicyclic) bond motifs is 2. The molecule has 0 aromatic carbocycles. The Bertz CT molecular complexity index is 373. The molecule has 2 heterocycles. The number of Topliss-reactive ketones (excluding diaryl/α,β-unsaturated/α-hetero) is 1. The monoisotopic (exact) mass is 191 g/mol. The van der Waals surface area contributed by atoms with Gasteiger partial charge in [-0.15, -0.1) is 0 Å². The second kappa shape index (κ2) is 2.45. The van der Waals surface area contributed by atoms with Crippen molar-refractivity contribution in [1.29, 1.82) is 0 Å². The van der Waals surface area contributed by atoms with Crippen LogP contribution >= 0.6 is 0 Å². The van der Waals surface area contributed by atoms with Crippen molar-refractivity contribution >= 4 is 5.78 Å². The minimum absolute atomic E-state index is 0.132. The van der Waals surface area contributed by atoms with Gasteiger partial charge in [-0.2, -0.15) is 5.10 Å². The largest absolute Gasteiger partial charge is 0.310 e. The average Bonchev–Trinajstić information content (AvgIpc) is 2.86. The van der Waals surface area contributed by atoms with Gasteiger partial charge in [0.05, 0.1) is 0 Å². The molecule has 3 atom stereocenters. The van der Waals surface area contributed by atoms with Gasteiger partial charge in [-0.3, -0.25) is 9.48 Å². The van der Waals surface area contributed by atoms with Gasteiger partial charge < -0.3 is 5.32 Å². The molecule has 1 aliphatic heterocycles. The Kier molecular flexibility index (Phi) is 1.43. The minimum atomic E-state index is -0.381. The van der Waals surface area contributed by atoms with Gasteiger partial charge in [0.1, 0.15) is 5.54 Å². The fourth-order valence-corrected chi connectivity index (χ4v) is 2.77. The van der Waals surface area contributed by atoms with E-state index in [9.17, 15) is 4.79 Å². The molecule has 3 rings (SSSR count). The zero-order chi connectivity index (χ0) is 9.76. The molecule has 74 valence electrons. The quantitative estimate of drug-likeness (QED) is 0.687. The van der Waals surface area contributed by atoms with E-state index in [-0.39, 0.29) is 11.5 Å². The van der Waals surface area contributed by atoms with E-state index >= 15 is 0 Å². The van der Waals surface area contributed by atoms with Gasteiger partial charge in [0, 0.05) is 30.9 Å². The molecule has 1 N–H and O–H groups in total. The Morgan fingerprint density at radius 1 is 1.71 bits per heavy atom. The molecular formula is C10H13N3O. The summed E-state index contributed by atoms with van der Waals surface area (Å²) in [5, 5.41) is 7.59. The fourth-order valence-electron chi connectivity index (χ4n) is 2.77. The highest BCUT2D eigenvalue weighted by Gasteiger charge is 2.57. The lowest BCUT2D eigenvalue weighted by Gasteiger charge is -2.27. The highest BCUT2D eigenvalue weighted by molar-refractivity contribution is 5.92. The van der Waals surface area contributed by atoms with Crippen LogP contribution in [0.15, 0.2) is 18.5 Å². The molecule has 14 heavy (non-hydrogen) atoms. The number of ketones is 1. The summed E-state index contributed by atoms with van der Waals surface area (Å²) in [4.78, 5) is 12.1. The van der Waals surface area contributed by atoms with Crippen LogP contribution in [0.25, 0.3) is 0 Å². The summed E-state index contributed by atoms with van der Waals surface area (Å²) >= 11 is 0. The van der Waals surface area contributed by atoms with E-state index < -0.39 is 0 Å². The number of nitrogens with one attached hydrogen (secondary N) is 1. The first-order valence-corrected chi connectivity index (χ1v) is 5.02. The third-order valence-corrected chi connectivity index (χ3v) is 3.63. The maximum absolute atomic E-state index is 12.1. The van der Waals surface area contributed by atoms with Gasteiger partial charge in [-0.25, -0.2) is 0 Å². The van der Waals surface area contributed by atoms with E-state index in [1.54, 1.807) is 6.20 Å². The smallest absolute Gasteiger partial charge is 0.166 e. The first-order valence-electron chi connectivity index (χ1n) is 5.02. The lowest BCUT2D eigenvalue weighted by molar-refractivity contribution is -0.129. The number of rotatable bonds is 1. The zero-order valence-electron chi connectivity index (χ0n) is 8.10. The SMILES string of the molecule is CC1C(=O)C2(n3cccn3)CNC1C2. The summed E-state index contributed by atoms with van der Waals surface area (Å²) < 4.78 is 1.83. The fraction of sp³-hybridized carbons (Fsp3) is 0.600. The van der Waals surface area contributed by atoms with Crippen molar-refractivity contribution in [2.24, 2.45) is 5.92 Å². The summed E-state index contributed by atoms with van der Waals surface area (Å²) in [6.07, 6.45) is 4.52. The molecule has 0 spiro atoms. The van der Waals surface area contributed by atoms with Crippen LogP contribution in [-0.2, 0) is 10.3 Å². The van der Waals surface area contributed by atoms with Gasteiger partial charge in [0.2, 0.25) is 0 Å². The van der Waals surface area contributed by atoms with Crippen LogP contribution in [0.2, 0.25) is 0 Å². The average molecular weight is 191 g/mol. The Balaban J connectivity index is 2.09. The number of carbonyl (C=O) groups is 1. The second-order valence-corrected chi connectivity index (χ2v) is 4.33. The van der Waals surface area contributed by atoms with Gasteiger partial charge in [0.25, 0.3) is 0 Å². The molecule has 1 aromatic heterocycles. The zero-order valence-corrected chi connectivity index (χ0v) is 8.10. The lowest BCUT2D eigenvalue weighted by atomic mass is 9.94. The number of carbonyl (C=O) groups excluding carboxylic acids is 1. The van der Waals surface area contributed by atoms with E-state index in [1.807, 2.05) is 23.9 Å². The summed E-state index contributed by atoms with van der Waals surface area (Å²) in [5.41, 5.74) is -0.381. The molecule has 2 bridgehead atoms. The molecule has 2 aliphatic rings. The molecule has 3 unspecified atom stereocenters. The highest BCUT2D eigenvalue weighted by atomic mass is 16.1. The number of piperidine rings is 1. The van der Waals surface area contributed by atoms with E-state index in [1.165, 1.54) is 0 Å². The summed E-state index contributed by atoms with van der Waals surface area (Å²) in [6.45, 7) is 2.74. The van der Waals surface area contributed by atoms with Crippen LogP contribution in [0, 0.1) is 5.92 Å². The van der Waals surface area contributed by atoms with Gasteiger partial charge in [-0.1, -0.05) is 6.92 Å². The highest BCUT2D eigenvalue weighted by Crippen LogP contribution is 2.41. The first kappa shape index (κ1) is 8.17. The van der Waals surface area contributed by atoms with Crippen LogP contribution in [-0.4, -0.2) is 28.2 Å². The van der Waals surface area contributed by atoms with Gasteiger partial charge in [-0.05, 0) is 12.5 Å². The van der Waals surface area contributed by atoms with Crippen molar-refractivity contribution in [1.82, 2.24) is 15.1 Å². The summed E-state index contributed by atoms with van der Waals surface area (Å²) in [6, 6.07) is 2.23. The Hall–Kier alpha value is -1.16. The van der Waals surface area contributed by atoms with Crippen molar-refractivity contribution in [2.75, 3.05) is 6.54 Å². The predicted octanol–water partition coefficient (Wildman–Crippen LogP) is 0.159. The topological polar surface area (TPSA) is 46.9 Å². The minimum Gasteiger partial charge on any atom is -0.310 e. The van der Waals surface area contributed by atoms with Gasteiger partial charge >= 0.3 is 0 Å². The van der Waals surface area contributed by atoms with E-state index in [2.05, 4.69) is 10.4 Å². The predicted molar refractivity (Wildman–Crippen MR) is 50.8 cm³/mol. The van der Waals surface area contributed by atoms with E-state index in [4.69, 9.17) is 0 Å². The number of nitrogens with zero attached hydrogens (tertiary/aromatic N) is 2. The molecule has 4 heteroatoms. The maximum atomic E-state index is 12.1. The van der Waals surface area contributed by atoms with Crippen molar-refractivity contribution in [3.8, 4) is 0 Å². The van der Waals surface area contributed by atoms with E-state index in [0.717, 1.165) is 13.0 Å². The molecule has 1 aliphatic carbocycles. The Morgan fingerprint density at radius 3 is 3.14 bits per heavy atom. The summed E-state index contributed by atoms with van der Waals surface area (Å²) in [5.74, 6) is 0.470. The van der Waals surface area contributed by atoms with Crippen molar-refractivity contribution in [2.45, 2.75) is 24.9 Å². The van der Waals surface area contributed by atoms with Crippen LogP contribution < -0.4 is 5.32 Å². The normalized spacial score (nSPS) is 40.8. The maximum Gasteiger partial charge on any atom is 0.166 e. The molecule has 2 fully saturated rings. The Labute approximate surface area is 82.3 Å². The third kappa shape index (κ3) is 0.773. The number of aromatic nitrogens is 2. The number of hydrogen-bond donors (Lipinski definition) is 1. The van der Waals surface area contributed by atoms with Crippen LogP contribution in [0.3, 0.4) is 0 Å². The third-order valence-electron chi connectivity index (χ3n) is 3.63. The second-order valence-electron chi connectivity index (χ2n) is 4.33. The molecular weight excluding hydrogens is 178 g/mol. The number of hydrogen-bond acceptors (Lipinski definition) is 3.